The van der Waals surface area contributed by atoms with Crippen molar-refractivity contribution in [2.45, 2.75) is 9.79 Å². The van der Waals surface area contributed by atoms with E-state index in [2.05, 4.69) is 9.97 Å². The highest BCUT2D eigenvalue weighted by Gasteiger charge is 2.20. The molecule has 336 valence electrons. The van der Waals surface area contributed by atoms with Crippen LogP contribution < -0.4 is 0 Å². The molecular formula is C50H45N5O9S2. The lowest BCUT2D eigenvalue weighted by Crippen LogP contribution is -2.32. The highest BCUT2D eigenvalue weighted by molar-refractivity contribution is 7.86. The minimum absolute atomic E-state index is 0.0694. The zero-order valence-electron chi connectivity index (χ0n) is 35.3. The summed E-state index contributed by atoms with van der Waals surface area (Å²) in [7, 11) is -8.88. The lowest BCUT2D eigenvalue weighted by Gasteiger charge is -2.17. The Morgan fingerprint density at radius 2 is 0.667 bits per heavy atom. The highest BCUT2D eigenvalue weighted by atomic mass is 32.2. The molecule has 3 aromatic heterocycles. The molecule has 0 fully saturated rings. The van der Waals surface area contributed by atoms with E-state index in [0.29, 0.717) is 64.3 Å². The second-order valence-corrected chi connectivity index (χ2v) is 18.1. The second kappa shape index (κ2) is 19.7. The molecule has 4 aromatic carbocycles. The van der Waals surface area contributed by atoms with Gasteiger partial charge in [-0.1, -0.05) is 84.9 Å². The number of nitrogens with one attached hydrogen (secondary N) is 2. The van der Waals surface area contributed by atoms with Crippen LogP contribution >= 0.6 is 0 Å². The van der Waals surface area contributed by atoms with Crippen LogP contribution in [0.2, 0.25) is 0 Å². The van der Waals surface area contributed by atoms with Crippen LogP contribution in [0.5, 0.6) is 0 Å². The molecule has 0 radical (unpaired) electrons. The Morgan fingerprint density at radius 1 is 0.394 bits per heavy atom. The molecule has 14 nitrogen and oxygen atoms in total. The Bertz CT molecular complexity index is 3110. The molecule has 2 aliphatic heterocycles. The standard InChI is InChI=1S/C44H30N4O6S2.C6H15NO3/c49-55(50,51)31-15-11-29(12-16-31)43-37-23-21-35(46-37)41(27-7-3-1-4-8-27)33-19-20-34(45-33)42(28-9-5-2-6-10-28)36-22-24-38(47-36)44(40-26-25-39(43)48-40)30-13-17-32(18-14-30)56(52,53)54;8-4-1-7(2-5-9)3-6-10/h1-26,46-47H,(H,49,50,51)(H,52,53,54);8-10H,1-6H2. The maximum Gasteiger partial charge on any atom is 0.294 e. The van der Waals surface area contributed by atoms with Crippen LogP contribution in [0.4, 0.5) is 0 Å². The van der Waals surface area contributed by atoms with E-state index in [-0.39, 0.29) is 29.6 Å². The Labute approximate surface area is 381 Å². The van der Waals surface area contributed by atoms with Crippen molar-refractivity contribution in [1.82, 2.24) is 24.8 Å². The number of hydrogen-bond donors (Lipinski definition) is 7. The summed E-state index contributed by atoms with van der Waals surface area (Å²) in [5, 5.41) is 25.5. The zero-order chi connectivity index (χ0) is 46.4. The third-order valence-corrected chi connectivity index (χ3v) is 12.7. The van der Waals surface area contributed by atoms with Gasteiger partial charge < -0.3 is 25.3 Å². The summed E-state index contributed by atoms with van der Waals surface area (Å²) in [5.74, 6) is 0. The van der Waals surface area contributed by atoms with Gasteiger partial charge in [-0.15, -0.1) is 0 Å². The molecule has 0 saturated carbocycles. The number of aliphatic hydroxyl groups is 3. The maximum absolute atomic E-state index is 12.0. The molecular weight excluding hydrogens is 879 g/mol. The van der Waals surface area contributed by atoms with Gasteiger partial charge in [-0.2, -0.15) is 16.8 Å². The zero-order valence-corrected chi connectivity index (χ0v) is 36.9. The van der Waals surface area contributed by atoms with E-state index >= 15 is 0 Å². The predicted octanol–water partition coefficient (Wildman–Crippen LogP) is 8.08. The summed E-state index contributed by atoms with van der Waals surface area (Å²) in [5.41, 5.74) is 11.8. The summed E-state index contributed by atoms with van der Waals surface area (Å²) in [6.07, 6.45) is 7.73. The molecule has 9 rings (SSSR count). The average Bonchev–Trinajstić information content (AvgIpc) is 4.16. The minimum atomic E-state index is -4.44. The summed E-state index contributed by atoms with van der Waals surface area (Å²) in [4.78, 5) is 19.0. The molecule has 2 aliphatic rings. The molecule has 0 saturated heterocycles. The Hall–Kier alpha value is -6.86. The van der Waals surface area contributed by atoms with Crippen molar-refractivity contribution in [1.29, 1.82) is 0 Å². The topological polar surface area (TPSA) is 230 Å². The molecule has 7 N–H and O–H groups in total. The lowest BCUT2D eigenvalue weighted by molar-refractivity contribution is 0.136. The third kappa shape index (κ3) is 10.0. The van der Waals surface area contributed by atoms with E-state index in [1.165, 1.54) is 24.3 Å². The van der Waals surface area contributed by atoms with Crippen molar-refractivity contribution in [3.63, 3.8) is 0 Å². The molecule has 0 atom stereocenters. The minimum Gasteiger partial charge on any atom is -0.395 e. The van der Waals surface area contributed by atoms with Crippen LogP contribution in [-0.4, -0.2) is 106 Å². The SMILES string of the molecule is O=S(=O)(O)c1ccc(-c2c3nc(c(-c4ccc(S(=O)(=O)O)cc4)c4ccc([nH]4)c(-c4ccccc4)c4nc(c(-c5ccccc5)c5ccc2[nH]5)C=C4)C=C3)cc1.OCCN(CCO)CCO. The normalized spacial score (nSPS) is 12.3. The van der Waals surface area contributed by atoms with Gasteiger partial charge in [-0.25, -0.2) is 9.97 Å². The molecule has 5 heterocycles. The van der Waals surface area contributed by atoms with E-state index in [1.807, 2.05) is 109 Å². The number of hydrogen-bond acceptors (Lipinski definition) is 10. The summed E-state index contributed by atoms with van der Waals surface area (Å²) in [6, 6.07) is 39.7. The maximum atomic E-state index is 12.0. The number of aromatic amines is 2. The van der Waals surface area contributed by atoms with E-state index in [1.54, 1.807) is 29.2 Å². The van der Waals surface area contributed by atoms with Crippen molar-refractivity contribution >= 4 is 66.6 Å². The van der Waals surface area contributed by atoms with Crippen LogP contribution in [0.3, 0.4) is 0 Å². The smallest absolute Gasteiger partial charge is 0.294 e. The fourth-order valence-corrected chi connectivity index (χ4v) is 8.94. The average molecular weight is 924 g/mol. The van der Waals surface area contributed by atoms with Gasteiger partial charge in [-0.3, -0.25) is 14.0 Å². The van der Waals surface area contributed by atoms with Gasteiger partial charge in [0.25, 0.3) is 20.2 Å². The number of H-pyrrole nitrogens is 2. The van der Waals surface area contributed by atoms with Crippen molar-refractivity contribution in [3.05, 3.63) is 156 Å². The first-order valence-electron chi connectivity index (χ1n) is 20.8. The van der Waals surface area contributed by atoms with Gasteiger partial charge >= 0.3 is 0 Å². The lowest BCUT2D eigenvalue weighted by atomic mass is 10.0. The van der Waals surface area contributed by atoms with Crippen molar-refractivity contribution in [3.8, 4) is 44.5 Å². The number of benzene rings is 4. The number of aromatic nitrogens is 4. The quantitative estimate of drug-likeness (QED) is 0.0577. The highest BCUT2D eigenvalue weighted by Crippen LogP contribution is 2.38. The van der Waals surface area contributed by atoms with E-state index in [4.69, 9.17) is 25.3 Å². The number of aliphatic hydroxyl groups excluding tert-OH is 3. The monoisotopic (exact) mass is 923 g/mol. The number of nitrogens with zero attached hydrogens (tertiary/aromatic N) is 3. The molecule has 0 aliphatic carbocycles. The first-order chi connectivity index (χ1) is 31.9. The van der Waals surface area contributed by atoms with Crippen LogP contribution in [0.15, 0.2) is 143 Å². The first kappa shape index (κ1) is 45.7. The fourth-order valence-electron chi connectivity index (χ4n) is 7.98. The summed E-state index contributed by atoms with van der Waals surface area (Å²) >= 11 is 0. The van der Waals surface area contributed by atoms with Gasteiger partial charge in [0.15, 0.2) is 0 Å². The van der Waals surface area contributed by atoms with Gasteiger partial charge in [0.2, 0.25) is 0 Å². The van der Waals surface area contributed by atoms with E-state index < -0.39 is 20.2 Å². The number of rotatable bonds is 12. The molecule has 16 heteroatoms. The van der Waals surface area contributed by atoms with Crippen molar-refractivity contribution in [2.75, 3.05) is 39.5 Å². The molecule has 0 amide bonds. The van der Waals surface area contributed by atoms with Crippen molar-refractivity contribution < 1.29 is 41.3 Å². The first-order valence-corrected chi connectivity index (χ1v) is 23.7. The number of fused-ring (bicyclic) bond motifs is 8. The van der Waals surface area contributed by atoms with E-state index in [0.717, 1.165) is 44.7 Å². The van der Waals surface area contributed by atoms with Crippen molar-refractivity contribution in [2.24, 2.45) is 0 Å². The van der Waals surface area contributed by atoms with Gasteiger partial charge in [0, 0.05) is 64.0 Å². The molecule has 7 aromatic rings. The van der Waals surface area contributed by atoms with E-state index in [9.17, 15) is 25.9 Å². The van der Waals surface area contributed by atoms with Gasteiger partial charge in [0.05, 0.1) is 52.4 Å². The third-order valence-electron chi connectivity index (χ3n) is 11.0. The molecule has 66 heavy (non-hydrogen) atoms. The fraction of sp³-hybridized carbons (Fsp3) is 0.120. The molecule has 0 spiro atoms. The van der Waals surface area contributed by atoms with Crippen LogP contribution in [0.1, 0.15) is 22.8 Å². The van der Waals surface area contributed by atoms with Crippen LogP contribution in [0.25, 0.3) is 90.9 Å². The molecule has 0 unspecified atom stereocenters. The molecule has 8 bridgehead atoms. The Balaban J connectivity index is 0.000000532. The predicted molar refractivity (Wildman–Crippen MR) is 258 cm³/mol. The largest absolute Gasteiger partial charge is 0.395 e. The van der Waals surface area contributed by atoms with Crippen LogP contribution in [-0.2, 0) is 20.2 Å². The van der Waals surface area contributed by atoms with Gasteiger partial charge in [-0.05, 0) is 95.1 Å². The Morgan fingerprint density at radius 3 is 0.924 bits per heavy atom. The van der Waals surface area contributed by atoms with Crippen LogP contribution in [0, 0.1) is 0 Å². The Kier molecular flexibility index (Phi) is 13.6. The second-order valence-electron chi connectivity index (χ2n) is 15.2. The summed E-state index contributed by atoms with van der Waals surface area (Å²) < 4.78 is 67.4. The van der Waals surface area contributed by atoms with Gasteiger partial charge in [0.1, 0.15) is 0 Å². The summed E-state index contributed by atoms with van der Waals surface area (Å²) in [6.45, 7) is 1.75.